The molecule has 0 radical (unpaired) electrons. The quantitative estimate of drug-likeness (QED) is 0.692. The molecule has 3 rings (SSSR count). The Kier molecular flexibility index (Phi) is 3.49. The fourth-order valence-electron chi connectivity index (χ4n) is 2.48. The number of aryl methyl sites for hydroxylation is 4. The average molecular weight is 289 g/mol. The molecule has 1 aromatic carbocycles. The number of fused-ring (bicyclic) bond motifs is 1. The van der Waals surface area contributed by atoms with E-state index in [2.05, 4.69) is 39.7 Å². The Labute approximate surface area is 123 Å². The first-order valence-electron chi connectivity index (χ1n) is 6.67. The molecule has 0 atom stereocenters. The summed E-state index contributed by atoms with van der Waals surface area (Å²) in [6.45, 7) is 2.93. The summed E-state index contributed by atoms with van der Waals surface area (Å²) in [6, 6.07) is 6.30. The van der Waals surface area contributed by atoms with Crippen LogP contribution in [0, 0.1) is 6.92 Å². The highest BCUT2D eigenvalue weighted by Gasteiger charge is 2.11. The summed E-state index contributed by atoms with van der Waals surface area (Å²) in [6.07, 6.45) is 4.66. The van der Waals surface area contributed by atoms with Crippen LogP contribution in [0.1, 0.15) is 17.2 Å². The second kappa shape index (κ2) is 5.29. The number of imidazole rings is 2. The molecule has 0 saturated carbocycles. The Morgan fingerprint density at radius 2 is 2.10 bits per heavy atom. The van der Waals surface area contributed by atoms with Gasteiger partial charge in [-0.1, -0.05) is 6.07 Å². The predicted molar refractivity (Wildman–Crippen MR) is 80.9 cm³/mol. The zero-order chi connectivity index (χ0) is 14.1. The summed E-state index contributed by atoms with van der Waals surface area (Å²) in [5.74, 6) is 2.41. The van der Waals surface area contributed by atoms with Crippen LogP contribution in [0.25, 0.3) is 11.0 Å². The van der Waals surface area contributed by atoms with Gasteiger partial charge in [-0.2, -0.15) is 0 Å². The summed E-state index contributed by atoms with van der Waals surface area (Å²) in [7, 11) is 2.01. The highest BCUT2D eigenvalue weighted by molar-refractivity contribution is 6.16. The van der Waals surface area contributed by atoms with E-state index in [-0.39, 0.29) is 0 Å². The van der Waals surface area contributed by atoms with Gasteiger partial charge in [0.2, 0.25) is 0 Å². The van der Waals surface area contributed by atoms with Crippen LogP contribution in [-0.2, 0) is 25.9 Å². The van der Waals surface area contributed by atoms with Gasteiger partial charge in [-0.05, 0) is 24.6 Å². The number of alkyl halides is 1. The molecule has 0 aliphatic carbocycles. The third kappa shape index (κ3) is 2.31. The number of halogens is 1. The van der Waals surface area contributed by atoms with E-state index in [1.54, 1.807) is 0 Å². The fourth-order valence-corrected chi connectivity index (χ4v) is 2.69. The molecule has 0 saturated heterocycles. The first-order valence-corrected chi connectivity index (χ1v) is 7.20. The van der Waals surface area contributed by atoms with Crippen molar-refractivity contribution in [1.82, 2.24) is 19.1 Å². The van der Waals surface area contributed by atoms with Crippen molar-refractivity contribution >= 4 is 22.6 Å². The summed E-state index contributed by atoms with van der Waals surface area (Å²) >= 11 is 6.03. The van der Waals surface area contributed by atoms with Gasteiger partial charge in [-0.3, -0.25) is 0 Å². The molecule has 0 amide bonds. The largest absolute Gasteiger partial charge is 0.338 e. The van der Waals surface area contributed by atoms with Gasteiger partial charge in [-0.15, -0.1) is 11.6 Å². The number of hydrogen-bond acceptors (Lipinski definition) is 2. The molecule has 0 aliphatic rings. The molecule has 0 unspecified atom stereocenters. The Balaban J connectivity index is 1.97. The van der Waals surface area contributed by atoms with Crippen LogP contribution >= 0.6 is 11.6 Å². The van der Waals surface area contributed by atoms with Crippen LogP contribution in [0.4, 0.5) is 0 Å². The van der Waals surface area contributed by atoms with Crippen molar-refractivity contribution < 1.29 is 0 Å². The molecule has 0 N–H and O–H groups in total. The lowest BCUT2D eigenvalue weighted by atomic mass is 10.2. The number of benzene rings is 1. The average Bonchev–Trinajstić information content (AvgIpc) is 2.99. The molecular weight excluding hydrogens is 272 g/mol. The molecule has 104 valence electrons. The van der Waals surface area contributed by atoms with Crippen LogP contribution in [-0.4, -0.2) is 19.1 Å². The molecule has 2 heterocycles. The van der Waals surface area contributed by atoms with Crippen molar-refractivity contribution in [2.75, 3.05) is 0 Å². The summed E-state index contributed by atoms with van der Waals surface area (Å²) in [4.78, 5) is 8.96. The molecule has 0 spiro atoms. The summed E-state index contributed by atoms with van der Waals surface area (Å²) < 4.78 is 4.24. The summed E-state index contributed by atoms with van der Waals surface area (Å²) in [5, 5.41) is 0. The number of hydrogen-bond donors (Lipinski definition) is 0. The zero-order valence-electron chi connectivity index (χ0n) is 11.7. The predicted octanol–water partition coefficient (Wildman–Crippen LogP) is 3.06. The highest BCUT2D eigenvalue weighted by Crippen LogP contribution is 2.19. The lowest BCUT2D eigenvalue weighted by Gasteiger charge is -2.08. The minimum Gasteiger partial charge on any atom is -0.338 e. The van der Waals surface area contributed by atoms with Crippen LogP contribution in [0.5, 0.6) is 0 Å². The normalized spacial score (nSPS) is 11.3. The number of aromatic nitrogens is 4. The van der Waals surface area contributed by atoms with E-state index < -0.39 is 0 Å². The van der Waals surface area contributed by atoms with Gasteiger partial charge in [0.25, 0.3) is 0 Å². The Morgan fingerprint density at radius 3 is 2.80 bits per heavy atom. The van der Waals surface area contributed by atoms with Crippen molar-refractivity contribution in [2.45, 2.75) is 25.8 Å². The smallest absolute Gasteiger partial charge is 0.124 e. The topological polar surface area (TPSA) is 35.6 Å². The third-order valence-electron chi connectivity index (χ3n) is 3.58. The van der Waals surface area contributed by atoms with Gasteiger partial charge < -0.3 is 9.13 Å². The minimum atomic E-state index is 0.425. The van der Waals surface area contributed by atoms with E-state index >= 15 is 0 Å². The first-order chi connectivity index (χ1) is 9.69. The molecule has 4 nitrogen and oxygen atoms in total. The van der Waals surface area contributed by atoms with Gasteiger partial charge in [0, 0.05) is 32.4 Å². The SMILES string of the molecule is Cc1ccc2nc(CCl)n(CCc3nccn3C)c2c1. The first kappa shape index (κ1) is 13.2. The van der Waals surface area contributed by atoms with Crippen molar-refractivity contribution in [2.24, 2.45) is 7.05 Å². The second-order valence-electron chi connectivity index (χ2n) is 5.01. The number of rotatable bonds is 4. The van der Waals surface area contributed by atoms with Gasteiger partial charge >= 0.3 is 0 Å². The molecule has 0 bridgehead atoms. The van der Waals surface area contributed by atoms with Gasteiger partial charge in [0.05, 0.1) is 16.9 Å². The van der Waals surface area contributed by atoms with Crippen LogP contribution < -0.4 is 0 Å². The zero-order valence-corrected chi connectivity index (χ0v) is 12.4. The van der Waals surface area contributed by atoms with Crippen molar-refractivity contribution in [3.8, 4) is 0 Å². The highest BCUT2D eigenvalue weighted by atomic mass is 35.5. The lowest BCUT2D eigenvalue weighted by molar-refractivity contribution is 0.646. The van der Waals surface area contributed by atoms with E-state index in [1.165, 1.54) is 5.56 Å². The van der Waals surface area contributed by atoms with Gasteiger partial charge in [0.15, 0.2) is 0 Å². The molecule has 2 aromatic heterocycles. The van der Waals surface area contributed by atoms with Crippen molar-refractivity contribution in [3.05, 3.63) is 47.8 Å². The van der Waals surface area contributed by atoms with Gasteiger partial charge in [0.1, 0.15) is 11.6 Å². The Bertz CT molecular complexity index is 741. The Hall–Kier alpha value is -1.81. The maximum Gasteiger partial charge on any atom is 0.124 e. The second-order valence-corrected chi connectivity index (χ2v) is 5.28. The molecular formula is C15H17ClN4. The third-order valence-corrected chi connectivity index (χ3v) is 3.82. The lowest BCUT2D eigenvalue weighted by Crippen LogP contribution is -2.08. The molecule has 3 aromatic rings. The maximum atomic E-state index is 6.03. The van der Waals surface area contributed by atoms with Crippen molar-refractivity contribution in [3.63, 3.8) is 0 Å². The molecule has 5 heteroatoms. The van der Waals surface area contributed by atoms with E-state index in [0.29, 0.717) is 5.88 Å². The van der Waals surface area contributed by atoms with Gasteiger partial charge in [-0.25, -0.2) is 9.97 Å². The molecule has 20 heavy (non-hydrogen) atoms. The standard InChI is InChI=1S/C15H17ClN4/c1-11-3-4-12-13(9-11)20(15(10-16)18-12)7-5-14-17-6-8-19(14)2/h3-4,6,8-9H,5,7,10H2,1-2H3. The summed E-state index contributed by atoms with van der Waals surface area (Å²) in [5.41, 5.74) is 3.39. The van der Waals surface area contributed by atoms with E-state index in [0.717, 1.165) is 35.6 Å². The minimum absolute atomic E-state index is 0.425. The fraction of sp³-hybridized carbons (Fsp3) is 0.333. The monoisotopic (exact) mass is 288 g/mol. The van der Waals surface area contributed by atoms with Crippen LogP contribution in [0.3, 0.4) is 0 Å². The molecule has 0 fully saturated rings. The molecule has 0 aliphatic heterocycles. The maximum absolute atomic E-state index is 6.03. The van der Waals surface area contributed by atoms with Crippen LogP contribution in [0.2, 0.25) is 0 Å². The Morgan fingerprint density at radius 1 is 1.25 bits per heavy atom. The van der Waals surface area contributed by atoms with E-state index in [4.69, 9.17) is 11.6 Å². The van der Waals surface area contributed by atoms with Crippen molar-refractivity contribution in [1.29, 1.82) is 0 Å². The van der Waals surface area contributed by atoms with E-state index in [9.17, 15) is 0 Å². The number of nitrogens with zero attached hydrogens (tertiary/aromatic N) is 4. The van der Waals surface area contributed by atoms with E-state index in [1.807, 2.05) is 24.0 Å². The van der Waals surface area contributed by atoms with Crippen LogP contribution in [0.15, 0.2) is 30.6 Å².